The van der Waals surface area contributed by atoms with E-state index >= 15 is 0 Å². The summed E-state index contributed by atoms with van der Waals surface area (Å²) in [5.41, 5.74) is 0.718. The van der Waals surface area contributed by atoms with Gasteiger partial charge in [0.25, 0.3) is 0 Å². The molecule has 5 nitrogen and oxygen atoms in total. The van der Waals surface area contributed by atoms with Crippen LogP contribution in [0.1, 0.15) is 0 Å². The number of thioether (sulfide) groups is 1. The molecule has 0 aliphatic carbocycles. The van der Waals surface area contributed by atoms with Gasteiger partial charge in [-0.15, -0.1) is 11.8 Å². The first-order valence-corrected chi connectivity index (χ1v) is 8.41. The third-order valence-corrected chi connectivity index (χ3v) is 5.02. The van der Waals surface area contributed by atoms with Crippen molar-refractivity contribution in [2.24, 2.45) is 0 Å². The fourth-order valence-electron chi connectivity index (χ4n) is 1.41. The zero-order chi connectivity index (χ0) is 14.5. The quantitative estimate of drug-likeness (QED) is 0.344. The van der Waals surface area contributed by atoms with Crippen LogP contribution < -0.4 is 5.32 Å². The van der Waals surface area contributed by atoms with Crippen LogP contribution in [-0.4, -0.2) is 16.6 Å². The lowest BCUT2D eigenvalue weighted by molar-refractivity contribution is -0.382. The summed E-state index contributed by atoms with van der Waals surface area (Å²) in [5.74, 6) is -0.0412. The summed E-state index contributed by atoms with van der Waals surface area (Å²) >= 11 is 4.41. The number of halogens is 1. The minimum Gasteiger partial charge on any atom is -0.325 e. The lowest BCUT2D eigenvalue weighted by atomic mass is 10.3. The first kappa shape index (κ1) is 15.3. The van der Waals surface area contributed by atoms with E-state index in [0.29, 0.717) is 4.90 Å². The van der Waals surface area contributed by atoms with E-state index in [9.17, 15) is 14.9 Å². The molecule has 2 aromatic rings. The van der Waals surface area contributed by atoms with Gasteiger partial charge in [0.05, 0.1) is 15.6 Å². The van der Waals surface area contributed by atoms with Gasteiger partial charge in [0.1, 0.15) is 0 Å². The molecule has 1 aromatic heterocycles. The summed E-state index contributed by atoms with van der Waals surface area (Å²) in [6.45, 7) is 0. The first-order valence-electron chi connectivity index (χ1n) is 5.46. The highest BCUT2D eigenvalue weighted by atomic mass is 127. The van der Waals surface area contributed by atoms with Crippen LogP contribution in [0.2, 0.25) is 0 Å². The summed E-state index contributed by atoms with van der Waals surface area (Å²) in [7, 11) is 0. The number of rotatable bonds is 5. The molecule has 1 amide bonds. The van der Waals surface area contributed by atoms with Crippen molar-refractivity contribution >= 4 is 62.3 Å². The van der Waals surface area contributed by atoms with E-state index in [0.717, 1.165) is 20.6 Å². The molecule has 0 aliphatic rings. The molecule has 0 saturated carbocycles. The summed E-state index contributed by atoms with van der Waals surface area (Å²) in [5, 5.41) is 15.2. The van der Waals surface area contributed by atoms with E-state index in [1.54, 1.807) is 11.4 Å². The van der Waals surface area contributed by atoms with Gasteiger partial charge in [0.15, 0.2) is 0 Å². The Hall–Kier alpha value is -1.13. The number of anilines is 1. The largest absolute Gasteiger partial charge is 0.337 e. The minimum atomic E-state index is -0.427. The molecule has 0 fully saturated rings. The van der Waals surface area contributed by atoms with Crippen molar-refractivity contribution in [3.05, 3.63) is 49.4 Å². The first-order chi connectivity index (χ1) is 9.56. The lowest BCUT2D eigenvalue weighted by Crippen LogP contribution is -2.13. The van der Waals surface area contributed by atoms with Gasteiger partial charge in [0.2, 0.25) is 5.91 Å². The highest BCUT2D eigenvalue weighted by Gasteiger charge is 2.16. The van der Waals surface area contributed by atoms with E-state index in [2.05, 4.69) is 27.9 Å². The number of carbonyl (C=O) groups is 1. The number of benzene rings is 1. The number of hydrogen-bond donors (Lipinski definition) is 1. The second-order valence-corrected chi connectivity index (χ2v) is 6.85. The summed E-state index contributed by atoms with van der Waals surface area (Å²) in [4.78, 5) is 22.6. The molecule has 20 heavy (non-hydrogen) atoms. The van der Waals surface area contributed by atoms with Gasteiger partial charge in [-0.05, 0) is 58.3 Å². The smallest absolute Gasteiger partial charge is 0.325 e. The number of hydrogen-bond acceptors (Lipinski definition) is 5. The van der Waals surface area contributed by atoms with Gasteiger partial charge in [-0.25, -0.2) is 0 Å². The second-order valence-electron chi connectivity index (χ2n) is 3.69. The number of nitro groups is 1. The number of thiophene rings is 1. The maximum absolute atomic E-state index is 11.8. The summed E-state index contributed by atoms with van der Waals surface area (Å²) in [6, 6.07) is 9.08. The zero-order valence-electron chi connectivity index (χ0n) is 10.0. The number of amides is 1. The van der Waals surface area contributed by atoms with Crippen molar-refractivity contribution in [1.82, 2.24) is 0 Å². The fourth-order valence-corrected chi connectivity index (χ4v) is 3.50. The van der Waals surface area contributed by atoms with Crippen LogP contribution >= 0.6 is 45.7 Å². The van der Waals surface area contributed by atoms with Crippen LogP contribution in [0.3, 0.4) is 0 Å². The second kappa shape index (κ2) is 7.04. The number of nitrogens with zero attached hydrogens (tertiary/aromatic N) is 1. The highest BCUT2D eigenvalue weighted by Crippen LogP contribution is 2.34. The average molecular weight is 420 g/mol. The Balaban J connectivity index is 1.90. The van der Waals surface area contributed by atoms with Crippen LogP contribution in [0.25, 0.3) is 0 Å². The third-order valence-electron chi connectivity index (χ3n) is 2.26. The van der Waals surface area contributed by atoms with Crippen LogP contribution in [0, 0.1) is 13.7 Å². The molecule has 2 rings (SSSR count). The minimum absolute atomic E-state index is 0.0806. The molecule has 0 unspecified atom stereocenters. The zero-order valence-corrected chi connectivity index (χ0v) is 13.8. The Morgan fingerprint density at radius 1 is 1.35 bits per heavy atom. The van der Waals surface area contributed by atoms with E-state index in [-0.39, 0.29) is 16.7 Å². The van der Waals surface area contributed by atoms with Crippen molar-refractivity contribution in [3.8, 4) is 0 Å². The standard InChI is InChI=1S/C12H9IN2O3S2/c13-8-1-3-9(4-2-8)14-11(16)7-20-10-5-6-19-12(10)15(17)18/h1-6H,7H2,(H,14,16). The SMILES string of the molecule is O=C(CSc1ccsc1[N+](=O)[O-])Nc1ccc(I)cc1. The molecule has 0 saturated heterocycles. The molecular formula is C12H9IN2O3S2. The molecule has 104 valence electrons. The van der Waals surface area contributed by atoms with Gasteiger partial charge in [-0.1, -0.05) is 11.3 Å². The molecular weight excluding hydrogens is 411 g/mol. The van der Waals surface area contributed by atoms with Gasteiger partial charge >= 0.3 is 5.00 Å². The molecule has 1 heterocycles. The lowest BCUT2D eigenvalue weighted by Gasteiger charge is -2.04. The Morgan fingerprint density at radius 2 is 2.05 bits per heavy atom. The van der Waals surface area contributed by atoms with Crippen molar-refractivity contribution in [2.45, 2.75) is 4.90 Å². The third kappa shape index (κ3) is 4.18. The van der Waals surface area contributed by atoms with Gasteiger partial charge in [-0.2, -0.15) is 0 Å². The van der Waals surface area contributed by atoms with Crippen LogP contribution in [0.4, 0.5) is 10.7 Å². The molecule has 0 aliphatic heterocycles. The molecule has 1 N–H and O–H groups in total. The van der Waals surface area contributed by atoms with E-state index in [4.69, 9.17) is 0 Å². The van der Waals surface area contributed by atoms with Gasteiger partial charge < -0.3 is 5.32 Å². The topological polar surface area (TPSA) is 72.2 Å². The highest BCUT2D eigenvalue weighted by molar-refractivity contribution is 14.1. The Kier molecular flexibility index (Phi) is 5.38. The van der Waals surface area contributed by atoms with E-state index in [1.165, 1.54) is 11.8 Å². The molecule has 1 aromatic carbocycles. The van der Waals surface area contributed by atoms with Crippen molar-refractivity contribution in [3.63, 3.8) is 0 Å². The Morgan fingerprint density at radius 3 is 2.70 bits per heavy atom. The molecule has 8 heteroatoms. The van der Waals surface area contributed by atoms with Crippen molar-refractivity contribution in [1.29, 1.82) is 0 Å². The van der Waals surface area contributed by atoms with E-state index in [1.807, 2.05) is 24.3 Å². The Bertz CT molecular complexity index is 628. The van der Waals surface area contributed by atoms with E-state index < -0.39 is 4.92 Å². The predicted molar refractivity (Wildman–Crippen MR) is 89.5 cm³/mol. The number of nitrogens with one attached hydrogen (secondary N) is 1. The molecule has 0 spiro atoms. The normalized spacial score (nSPS) is 10.2. The van der Waals surface area contributed by atoms with Crippen molar-refractivity contribution in [2.75, 3.05) is 11.1 Å². The average Bonchev–Trinajstić information content (AvgIpc) is 2.88. The monoisotopic (exact) mass is 420 g/mol. The van der Waals surface area contributed by atoms with Gasteiger partial charge in [0, 0.05) is 9.26 Å². The molecule has 0 bridgehead atoms. The van der Waals surface area contributed by atoms with Crippen LogP contribution in [0.15, 0.2) is 40.6 Å². The maximum Gasteiger partial charge on any atom is 0.337 e. The Labute approximate surface area is 137 Å². The maximum atomic E-state index is 11.8. The van der Waals surface area contributed by atoms with Crippen LogP contribution in [0.5, 0.6) is 0 Å². The fraction of sp³-hybridized carbons (Fsp3) is 0.0833. The molecule has 0 radical (unpaired) electrons. The van der Waals surface area contributed by atoms with Crippen LogP contribution in [-0.2, 0) is 4.79 Å². The summed E-state index contributed by atoms with van der Waals surface area (Å²) < 4.78 is 1.09. The number of carbonyl (C=O) groups excluding carboxylic acids is 1. The van der Waals surface area contributed by atoms with Crippen molar-refractivity contribution < 1.29 is 9.72 Å². The predicted octanol–water partition coefficient (Wildman–Crippen LogP) is 3.99. The molecule has 0 atom stereocenters. The summed E-state index contributed by atoms with van der Waals surface area (Å²) in [6.07, 6.45) is 0. The van der Waals surface area contributed by atoms with Gasteiger partial charge in [-0.3, -0.25) is 14.9 Å².